The van der Waals surface area contributed by atoms with Crippen molar-refractivity contribution in [2.24, 2.45) is 0 Å². The van der Waals surface area contributed by atoms with Gasteiger partial charge in [0.2, 0.25) is 0 Å². The number of carbonyl (C=O) groups excluding carboxylic acids is 1. The van der Waals surface area contributed by atoms with E-state index in [9.17, 15) is 13.2 Å². The summed E-state index contributed by atoms with van der Waals surface area (Å²) in [5.41, 5.74) is 0.815. The average Bonchev–Trinajstić information content (AvgIpc) is 2.65. The van der Waals surface area contributed by atoms with Crippen LogP contribution in [-0.2, 0) is 24.3 Å². The highest BCUT2D eigenvalue weighted by atomic mass is 32.2. The maximum absolute atomic E-state index is 12.4. The molecular formula is C19H24N2O5S. The summed E-state index contributed by atoms with van der Waals surface area (Å²) in [5.74, 6) is -0.324. The summed E-state index contributed by atoms with van der Waals surface area (Å²) in [6, 6.07) is 14.5. The van der Waals surface area contributed by atoms with Crippen molar-refractivity contribution in [3.63, 3.8) is 0 Å². The topological polar surface area (TPSA) is 93.7 Å². The predicted octanol–water partition coefficient (Wildman–Crippen LogP) is 2.87. The van der Waals surface area contributed by atoms with Crippen molar-refractivity contribution < 1.29 is 22.7 Å². The molecule has 0 saturated carbocycles. The van der Waals surface area contributed by atoms with Gasteiger partial charge in [0, 0.05) is 12.3 Å². The highest BCUT2D eigenvalue weighted by molar-refractivity contribution is 7.92. The minimum absolute atomic E-state index is 0.163. The first-order valence-electron chi connectivity index (χ1n) is 8.60. The Morgan fingerprint density at radius 3 is 2.44 bits per heavy atom. The van der Waals surface area contributed by atoms with Crippen molar-refractivity contribution in [1.82, 2.24) is 0 Å². The Labute approximate surface area is 159 Å². The molecule has 0 fully saturated rings. The molecule has 2 aromatic rings. The first-order valence-corrected chi connectivity index (χ1v) is 10.1. The number of sulfonamides is 1. The lowest BCUT2D eigenvalue weighted by Crippen LogP contribution is -2.28. The molecule has 0 aliphatic heterocycles. The zero-order valence-corrected chi connectivity index (χ0v) is 16.2. The fraction of sp³-hybridized carbons (Fsp3) is 0.316. The SMILES string of the molecule is CCOCCOC(C)C(=O)Nc1cccc(NS(=O)(=O)c2ccccc2)c1. The van der Waals surface area contributed by atoms with Gasteiger partial charge in [0.15, 0.2) is 0 Å². The van der Waals surface area contributed by atoms with Crippen molar-refractivity contribution in [1.29, 1.82) is 0 Å². The van der Waals surface area contributed by atoms with Gasteiger partial charge in [-0.15, -0.1) is 0 Å². The smallest absolute Gasteiger partial charge is 0.261 e. The molecular weight excluding hydrogens is 368 g/mol. The molecule has 8 heteroatoms. The Morgan fingerprint density at radius 1 is 1.04 bits per heavy atom. The lowest BCUT2D eigenvalue weighted by atomic mass is 10.2. The third-order valence-corrected chi connectivity index (χ3v) is 5.00. The zero-order valence-electron chi connectivity index (χ0n) is 15.3. The highest BCUT2D eigenvalue weighted by Gasteiger charge is 2.16. The summed E-state index contributed by atoms with van der Waals surface area (Å²) < 4.78 is 37.8. The minimum atomic E-state index is -3.69. The van der Waals surface area contributed by atoms with Gasteiger partial charge in [-0.2, -0.15) is 0 Å². The molecule has 146 valence electrons. The molecule has 2 rings (SSSR count). The third-order valence-electron chi connectivity index (χ3n) is 3.60. The van der Waals surface area contributed by atoms with E-state index < -0.39 is 16.1 Å². The molecule has 7 nitrogen and oxygen atoms in total. The van der Waals surface area contributed by atoms with Crippen LogP contribution < -0.4 is 10.0 Å². The molecule has 2 aromatic carbocycles. The zero-order chi connectivity index (χ0) is 19.7. The second-order valence-corrected chi connectivity index (χ2v) is 7.38. The second-order valence-electron chi connectivity index (χ2n) is 5.70. The van der Waals surface area contributed by atoms with Gasteiger partial charge in [0.05, 0.1) is 23.8 Å². The number of anilines is 2. The Hall–Kier alpha value is -2.42. The number of nitrogens with one attached hydrogen (secondary N) is 2. The van der Waals surface area contributed by atoms with Crippen LogP contribution in [-0.4, -0.2) is 40.2 Å². The Morgan fingerprint density at radius 2 is 1.74 bits per heavy atom. The van der Waals surface area contributed by atoms with Crippen molar-refractivity contribution >= 4 is 27.3 Å². The van der Waals surface area contributed by atoms with Crippen LogP contribution in [0.15, 0.2) is 59.5 Å². The summed E-state index contributed by atoms with van der Waals surface area (Å²) in [4.78, 5) is 12.3. The first-order chi connectivity index (χ1) is 12.9. The monoisotopic (exact) mass is 392 g/mol. The van der Waals surface area contributed by atoms with Gasteiger partial charge < -0.3 is 14.8 Å². The highest BCUT2D eigenvalue weighted by Crippen LogP contribution is 2.19. The lowest BCUT2D eigenvalue weighted by molar-refractivity contribution is -0.127. The molecule has 1 unspecified atom stereocenters. The normalized spacial score (nSPS) is 12.4. The molecule has 0 saturated heterocycles. The maximum Gasteiger partial charge on any atom is 0.261 e. The fourth-order valence-corrected chi connectivity index (χ4v) is 3.29. The van der Waals surface area contributed by atoms with Gasteiger partial charge in [-0.25, -0.2) is 8.42 Å². The standard InChI is InChI=1S/C19H24N2O5S/c1-3-25-12-13-26-15(2)19(22)20-16-8-7-9-17(14-16)21-27(23,24)18-10-5-4-6-11-18/h4-11,14-15,21H,3,12-13H2,1-2H3,(H,20,22). The molecule has 0 aliphatic rings. The van der Waals surface area contributed by atoms with Gasteiger partial charge in [-0.05, 0) is 44.2 Å². The molecule has 0 heterocycles. The van der Waals surface area contributed by atoms with Crippen molar-refractivity contribution in [2.75, 3.05) is 29.9 Å². The number of amides is 1. The summed E-state index contributed by atoms with van der Waals surface area (Å²) in [7, 11) is -3.69. The molecule has 2 N–H and O–H groups in total. The van der Waals surface area contributed by atoms with E-state index in [4.69, 9.17) is 9.47 Å². The van der Waals surface area contributed by atoms with E-state index in [-0.39, 0.29) is 10.8 Å². The molecule has 0 bridgehead atoms. The summed E-state index contributed by atoms with van der Waals surface area (Å²) in [5, 5.41) is 2.71. The van der Waals surface area contributed by atoms with E-state index >= 15 is 0 Å². The van der Waals surface area contributed by atoms with Crippen LogP contribution in [0.5, 0.6) is 0 Å². The molecule has 1 amide bonds. The van der Waals surface area contributed by atoms with Crippen LogP contribution in [0.1, 0.15) is 13.8 Å². The molecule has 0 spiro atoms. The van der Waals surface area contributed by atoms with E-state index in [1.165, 1.54) is 12.1 Å². The Balaban J connectivity index is 1.98. The first kappa shape index (κ1) is 20.9. The average molecular weight is 392 g/mol. The van der Waals surface area contributed by atoms with E-state index in [1.807, 2.05) is 6.92 Å². The van der Waals surface area contributed by atoms with E-state index in [2.05, 4.69) is 10.0 Å². The molecule has 0 aliphatic carbocycles. The summed E-state index contributed by atoms with van der Waals surface area (Å²) in [6.45, 7) is 4.86. The lowest BCUT2D eigenvalue weighted by Gasteiger charge is -2.14. The molecule has 0 aromatic heterocycles. The van der Waals surface area contributed by atoms with Gasteiger partial charge >= 0.3 is 0 Å². The number of ether oxygens (including phenoxy) is 2. The Bertz CT molecular complexity index is 840. The van der Waals surface area contributed by atoms with E-state index in [0.717, 1.165) is 0 Å². The fourth-order valence-electron chi connectivity index (χ4n) is 2.22. The van der Waals surface area contributed by atoms with Gasteiger partial charge in [0.1, 0.15) is 6.10 Å². The van der Waals surface area contributed by atoms with Gasteiger partial charge in [0.25, 0.3) is 15.9 Å². The maximum atomic E-state index is 12.4. The number of benzene rings is 2. The van der Waals surface area contributed by atoms with Crippen LogP contribution in [0.2, 0.25) is 0 Å². The van der Waals surface area contributed by atoms with Crippen LogP contribution in [0.25, 0.3) is 0 Å². The molecule has 27 heavy (non-hydrogen) atoms. The van der Waals surface area contributed by atoms with Crippen molar-refractivity contribution in [2.45, 2.75) is 24.8 Å². The van der Waals surface area contributed by atoms with Crippen molar-refractivity contribution in [3.8, 4) is 0 Å². The summed E-state index contributed by atoms with van der Waals surface area (Å²) in [6.07, 6.45) is -0.657. The molecule has 0 radical (unpaired) electrons. The number of carbonyl (C=O) groups is 1. The van der Waals surface area contributed by atoms with Crippen LogP contribution in [0.3, 0.4) is 0 Å². The van der Waals surface area contributed by atoms with E-state index in [1.54, 1.807) is 49.4 Å². The van der Waals surface area contributed by atoms with Gasteiger partial charge in [-0.1, -0.05) is 24.3 Å². The van der Waals surface area contributed by atoms with Gasteiger partial charge in [-0.3, -0.25) is 9.52 Å². The van der Waals surface area contributed by atoms with Crippen LogP contribution >= 0.6 is 0 Å². The quantitative estimate of drug-likeness (QED) is 0.607. The Kier molecular flexibility index (Phi) is 7.78. The van der Waals surface area contributed by atoms with E-state index in [0.29, 0.717) is 31.2 Å². The number of hydrogen-bond donors (Lipinski definition) is 2. The third kappa shape index (κ3) is 6.67. The second kappa shape index (κ2) is 10.1. The van der Waals surface area contributed by atoms with Crippen LogP contribution in [0, 0.1) is 0 Å². The number of hydrogen-bond acceptors (Lipinski definition) is 5. The summed E-state index contributed by atoms with van der Waals surface area (Å²) >= 11 is 0. The predicted molar refractivity (Wildman–Crippen MR) is 104 cm³/mol. The molecule has 1 atom stereocenters. The van der Waals surface area contributed by atoms with Crippen LogP contribution in [0.4, 0.5) is 11.4 Å². The largest absolute Gasteiger partial charge is 0.379 e. The number of rotatable bonds is 10. The van der Waals surface area contributed by atoms with Crippen molar-refractivity contribution in [3.05, 3.63) is 54.6 Å². The minimum Gasteiger partial charge on any atom is -0.379 e.